The fraction of sp³-hybridized carbons (Fsp3) is 0.579. The molecule has 0 aromatic heterocycles. The van der Waals surface area contributed by atoms with Gasteiger partial charge in [-0.2, -0.15) is 0 Å². The molecule has 1 N–H and O–H groups in total. The van der Waals surface area contributed by atoms with Crippen molar-refractivity contribution in [3.63, 3.8) is 0 Å². The number of hydrogen-bond donors (Lipinski definition) is 1. The van der Waals surface area contributed by atoms with E-state index in [2.05, 4.69) is 5.32 Å². The predicted octanol–water partition coefficient (Wildman–Crippen LogP) is 3.42. The van der Waals surface area contributed by atoms with Gasteiger partial charge in [0.1, 0.15) is 0 Å². The lowest BCUT2D eigenvalue weighted by atomic mass is 9.89. The third-order valence-electron chi connectivity index (χ3n) is 4.55. The Balaban J connectivity index is 1.73. The summed E-state index contributed by atoms with van der Waals surface area (Å²) in [5.41, 5.74) is 0.933. The number of rotatable bonds is 7. The van der Waals surface area contributed by atoms with Crippen molar-refractivity contribution in [3.05, 3.63) is 35.9 Å². The van der Waals surface area contributed by atoms with Gasteiger partial charge in [0, 0.05) is 6.54 Å². The molecular formula is C19H27NO3. The number of ether oxygens (including phenoxy) is 1. The maximum atomic E-state index is 12.2. The van der Waals surface area contributed by atoms with Crippen molar-refractivity contribution in [3.8, 4) is 0 Å². The topological polar surface area (TPSA) is 55.4 Å². The van der Waals surface area contributed by atoms with Crippen molar-refractivity contribution in [1.82, 2.24) is 5.32 Å². The molecule has 2 rings (SSSR count). The molecule has 1 saturated carbocycles. The Morgan fingerprint density at radius 3 is 2.52 bits per heavy atom. The summed E-state index contributed by atoms with van der Waals surface area (Å²) in [5.74, 6) is -0.253. The summed E-state index contributed by atoms with van der Waals surface area (Å²) in [6.45, 7) is 2.46. The van der Waals surface area contributed by atoms with Gasteiger partial charge in [0.15, 0.2) is 6.61 Å². The van der Waals surface area contributed by atoms with Crippen LogP contribution in [0.25, 0.3) is 0 Å². The van der Waals surface area contributed by atoms with Crippen LogP contribution in [0.2, 0.25) is 0 Å². The largest absolute Gasteiger partial charge is 0.455 e. The molecule has 23 heavy (non-hydrogen) atoms. The van der Waals surface area contributed by atoms with Gasteiger partial charge in [0.2, 0.25) is 0 Å². The predicted molar refractivity (Wildman–Crippen MR) is 90.0 cm³/mol. The molecule has 1 aromatic carbocycles. The molecule has 1 amide bonds. The maximum Gasteiger partial charge on any atom is 0.313 e. The number of esters is 1. The van der Waals surface area contributed by atoms with Gasteiger partial charge in [0.05, 0.1) is 5.92 Å². The quantitative estimate of drug-likeness (QED) is 0.784. The lowest BCUT2D eigenvalue weighted by Gasteiger charge is -2.21. The van der Waals surface area contributed by atoms with E-state index in [1.807, 2.05) is 37.3 Å². The Morgan fingerprint density at radius 1 is 1.17 bits per heavy atom. The van der Waals surface area contributed by atoms with Crippen LogP contribution >= 0.6 is 0 Å². The number of carbonyl (C=O) groups excluding carboxylic acids is 2. The van der Waals surface area contributed by atoms with E-state index in [1.54, 1.807) is 0 Å². The summed E-state index contributed by atoms with van der Waals surface area (Å²) in [7, 11) is 0. The van der Waals surface area contributed by atoms with E-state index >= 15 is 0 Å². The molecule has 1 aromatic rings. The van der Waals surface area contributed by atoms with Crippen LogP contribution in [0.3, 0.4) is 0 Å². The molecule has 0 aliphatic heterocycles. The van der Waals surface area contributed by atoms with Crippen molar-refractivity contribution in [2.24, 2.45) is 5.92 Å². The molecule has 1 atom stereocenters. The standard InChI is InChI=1S/C19H27NO3/c1-2-17(16-11-7-4-8-12-16)19(22)23-14-18(21)20-13-15-9-5-3-6-10-15/h4,7-8,11-12,15,17H,2-3,5-6,9-10,13-14H2,1H3,(H,20,21). The molecule has 0 heterocycles. The van der Waals surface area contributed by atoms with Crippen LogP contribution in [0.15, 0.2) is 30.3 Å². The van der Waals surface area contributed by atoms with Gasteiger partial charge < -0.3 is 10.1 Å². The zero-order chi connectivity index (χ0) is 16.5. The Hall–Kier alpha value is -1.84. The number of carbonyl (C=O) groups is 2. The van der Waals surface area contributed by atoms with Crippen molar-refractivity contribution < 1.29 is 14.3 Å². The SMILES string of the molecule is CCC(C(=O)OCC(=O)NCC1CCCCC1)c1ccccc1. The fourth-order valence-electron chi connectivity index (χ4n) is 3.16. The van der Waals surface area contributed by atoms with Crippen LogP contribution in [0.1, 0.15) is 56.9 Å². The monoisotopic (exact) mass is 317 g/mol. The second-order valence-electron chi connectivity index (χ2n) is 6.29. The first-order valence-electron chi connectivity index (χ1n) is 8.69. The molecule has 1 fully saturated rings. The van der Waals surface area contributed by atoms with Gasteiger partial charge in [-0.3, -0.25) is 9.59 Å². The van der Waals surface area contributed by atoms with Gasteiger partial charge in [0.25, 0.3) is 5.91 Å². The van der Waals surface area contributed by atoms with E-state index in [4.69, 9.17) is 4.74 Å². The molecule has 4 nitrogen and oxygen atoms in total. The fourth-order valence-corrected chi connectivity index (χ4v) is 3.16. The highest BCUT2D eigenvalue weighted by Crippen LogP contribution is 2.23. The van der Waals surface area contributed by atoms with Gasteiger partial charge >= 0.3 is 5.97 Å². The summed E-state index contributed by atoms with van der Waals surface area (Å²) in [4.78, 5) is 24.0. The third kappa shape index (κ3) is 5.70. The van der Waals surface area contributed by atoms with E-state index < -0.39 is 0 Å². The van der Waals surface area contributed by atoms with Crippen molar-refractivity contribution in [2.45, 2.75) is 51.4 Å². The molecule has 0 spiro atoms. The van der Waals surface area contributed by atoms with Gasteiger partial charge in [-0.15, -0.1) is 0 Å². The Labute approximate surface area is 138 Å². The zero-order valence-electron chi connectivity index (χ0n) is 13.9. The van der Waals surface area contributed by atoms with Crippen molar-refractivity contribution in [1.29, 1.82) is 0 Å². The first-order valence-corrected chi connectivity index (χ1v) is 8.69. The molecule has 0 radical (unpaired) electrons. The Kier molecular flexibility index (Phi) is 7.11. The maximum absolute atomic E-state index is 12.2. The lowest BCUT2D eigenvalue weighted by Crippen LogP contribution is -2.34. The van der Waals surface area contributed by atoms with Gasteiger partial charge in [-0.05, 0) is 30.7 Å². The third-order valence-corrected chi connectivity index (χ3v) is 4.55. The second-order valence-corrected chi connectivity index (χ2v) is 6.29. The van der Waals surface area contributed by atoms with Crippen LogP contribution in [0, 0.1) is 5.92 Å². The number of hydrogen-bond acceptors (Lipinski definition) is 3. The van der Waals surface area contributed by atoms with Crippen LogP contribution in [-0.4, -0.2) is 25.0 Å². The van der Waals surface area contributed by atoms with E-state index in [0.717, 1.165) is 5.56 Å². The molecule has 1 unspecified atom stereocenters. The number of nitrogens with one attached hydrogen (secondary N) is 1. The smallest absolute Gasteiger partial charge is 0.313 e. The van der Waals surface area contributed by atoms with E-state index in [9.17, 15) is 9.59 Å². The highest BCUT2D eigenvalue weighted by atomic mass is 16.5. The van der Waals surface area contributed by atoms with E-state index in [-0.39, 0.29) is 24.4 Å². The van der Waals surface area contributed by atoms with Crippen LogP contribution < -0.4 is 5.32 Å². The zero-order valence-corrected chi connectivity index (χ0v) is 13.9. The molecule has 0 saturated heterocycles. The number of amides is 1. The van der Waals surface area contributed by atoms with E-state index in [0.29, 0.717) is 18.9 Å². The average molecular weight is 317 g/mol. The summed E-state index contributed by atoms with van der Waals surface area (Å²) in [6, 6.07) is 9.56. The van der Waals surface area contributed by atoms with Crippen molar-refractivity contribution >= 4 is 11.9 Å². The highest BCUT2D eigenvalue weighted by molar-refractivity contribution is 5.83. The highest BCUT2D eigenvalue weighted by Gasteiger charge is 2.21. The van der Waals surface area contributed by atoms with Crippen molar-refractivity contribution in [2.75, 3.05) is 13.2 Å². The Bertz CT molecular complexity index is 495. The van der Waals surface area contributed by atoms with E-state index in [1.165, 1.54) is 32.1 Å². The second kappa shape index (κ2) is 9.33. The minimum Gasteiger partial charge on any atom is -0.455 e. The first-order chi connectivity index (χ1) is 11.2. The minimum atomic E-state index is -0.327. The minimum absolute atomic E-state index is 0.186. The molecule has 4 heteroatoms. The van der Waals surface area contributed by atoms with Crippen LogP contribution in [0.4, 0.5) is 0 Å². The summed E-state index contributed by atoms with van der Waals surface area (Å²) < 4.78 is 5.20. The van der Waals surface area contributed by atoms with Crippen LogP contribution in [0.5, 0.6) is 0 Å². The molecule has 1 aliphatic carbocycles. The Morgan fingerprint density at radius 2 is 1.87 bits per heavy atom. The lowest BCUT2D eigenvalue weighted by molar-refractivity contribution is -0.150. The number of benzene rings is 1. The molecular weight excluding hydrogens is 290 g/mol. The van der Waals surface area contributed by atoms with Gasteiger partial charge in [-0.1, -0.05) is 56.5 Å². The van der Waals surface area contributed by atoms with Gasteiger partial charge in [-0.25, -0.2) is 0 Å². The summed E-state index contributed by atoms with van der Waals surface area (Å²) in [5, 5.41) is 2.89. The molecule has 0 bridgehead atoms. The molecule has 126 valence electrons. The van der Waals surface area contributed by atoms with Crippen LogP contribution in [-0.2, 0) is 14.3 Å². The normalized spacial score (nSPS) is 16.6. The summed E-state index contributed by atoms with van der Waals surface area (Å²) in [6.07, 6.45) is 6.85. The average Bonchev–Trinajstić information content (AvgIpc) is 2.60. The molecule has 1 aliphatic rings. The summed E-state index contributed by atoms with van der Waals surface area (Å²) >= 11 is 0. The first kappa shape index (κ1) is 17.5.